The van der Waals surface area contributed by atoms with Crippen LogP contribution < -0.4 is 11.1 Å². The van der Waals surface area contributed by atoms with Gasteiger partial charge in [-0.2, -0.15) is 13.2 Å². The van der Waals surface area contributed by atoms with E-state index in [4.69, 9.17) is 5.73 Å². The molecule has 1 aromatic heterocycles. The number of benzene rings is 1. The number of carbonyl (C=O) groups is 1. The second kappa shape index (κ2) is 5.72. The van der Waals surface area contributed by atoms with Crippen LogP contribution in [0.1, 0.15) is 25.8 Å². The van der Waals surface area contributed by atoms with Gasteiger partial charge in [-0.15, -0.1) is 11.3 Å². The van der Waals surface area contributed by atoms with Crippen molar-refractivity contribution in [2.24, 2.45) is 0 Å². The Balaban J connectivity index is 2.15. The van der Waals surface area contributed by atoms with Crippen molar-refractivity contribution in [3.8, 4) is 0 Å². The van der Waals surface area contributed by atoms with Crippen LogP contribution in [0, 0.1) is 6.92 Å². The molecule has 4 nitrogen and oxygen atoms in total. The lowest BCUT2D eigenvalue weighted by Crippen LogP contribution is -2.24. The largest absolute Gasteiger partial charge is 0.416 e. The van der Waals surface area contributed by atoms with Gasteiger partial charge >= 0.3 is 6.18 Å². The molecule has 0 aliphatic heterocycles. The van der Waals surface area contributed by atoms with E-state index in [1.54, 1.807) is 6.20 Å². The Morgan fingerprint density at radius 1 is 1.43 bits per heavy atom. The zero-order chi connectivity index (χ0) is 15.6. The number of halogens is 3. The van der Waals surface area contributed by atoms with Gasteiger partial charge in [0.25, 0.3) is 5.91 Å². The second-order valence-corrected chi connectivity index (χ2v) is 5.65. The lowest BCUT2D eigenvalue weighted by molar-refractivity contribution is -0.137. The van der Waals surface area contributed by atoms with Crippen LogP contribution in [0.3, 0.4) is 0 Å². The predicted octanol–water partition coefficient (Wildman–Crippen LogP) is 2.98. The van der Waals surface area contributed by atoms with Gasteiger partial charge in [-0.05, 0) is 25.1 Å². The number of carbonyl (C=O) groups excluding carboxylic acids is 1. The highest BCUT2D eigenvalue weighted by Crippen LogP contribution is 2.31. The van der Waals surface area contributed by atoms with Gasteiger partial charge in [0.15, 0.2) is 0 Å². The number of nitrogens with zero attached hydrogens (tertiary/aromatic N) is 1. The average molecular weight is 315 g/mol. The van der Waals surface area contributed by atoms with Gasteiger partial charge in [0, 0.05) is 16.8 Å². The van der Waals surface area contributed by atoms with Crippen molar-refractivity contribution in [2.75, 3.05) is 5.73 Å². The molecule has 0 aliphatic carbocycles. The summed E-state index contributed by atoms with van der Waals surface area (Å²) in [5.41, 5.74) is 4.47. The molecule has 0 saturated carbocycles. The summed E-state index contributed by atoms with van der Waals surface area (Å²) in [6.45, 7) is 2.01. The number of thiazole rings is 1. The predicted molar refractivity (Wildman–Crippen MR) is 73.9 cm³/mol. The van der Waals surface area contributed by atoms with E-state index in [-0.39, 0.29) is 17.8 Å². The monoisotopic (exact) mass is 315 g/mol. The Morgan fingerprint density at radius 2 is 2.14 bits per heavy atom. The van der Waals surface area contributed by atoms with Crippen LogP contribution in [0.25, 0.3) is 0 Å². The molecule has 21 heavy (non-hydrogen) atoms. The Hall–Kier alpha value is -2.09. The van der Waals surface area contributed by atoms with E-state index >= 15 is 0 Å². The van der Waals surface area contributed by atoms with Crippen molar-refractivity contribution in [2.45, 2.75) is 19.6 Å². The number of rotatable bonds is 3. The zero-order valence-corrected chi connectivity index (χ0v) is 11.8. The first-order valence-electron chi connectivity index (χ1n) is 5.93. The van der Waals surface area contributed by atoms with Crippen LogP contribution in [0.2, 0.25) is 0 Å². The minimum absolute atomic E-state index is 0.000912. The fourth-order valence-corrected chi connectivity index (χ4v) is 2.41. The van der Waals surface area contributed by atoms with Crippen molar-refractivity contribution in [1.29, 1.82) is 0 Å². The fraction of sp³-hybridized carbons (Fsp3) is 0.231. The summed E-state index contributed by atoms with van der Waals surface area (Å²) in [5.74, 6) is -0.648. The van der Waals surface area contributed by atoms with Gasteiger partial charge in [-0.25, -0.2) is 4.98 Å². The quantitative estimate of drug-likeness (QED) is 0.856. The molecular weight excluding hydrogens is 303 g/mol. The number of amides is 1. The molecule has 0 spiro atoms. The number of hydrogen-bond donors (Lipinski definition) is 2. The normalized spacial score (nSPS) is 11.4. The number of nitrogens with two attached hydrogens (primary N) is 1. The molecule has 1 aromatic carbocycles. The third kappa shape index (κ3) is 3.72. The Morgan fingerprint density at radius 3 is 2.71 bits per heavy atom. The lowest BCUT2D eigenvalue weighted by Gasteiger charge is -2.11. The highest BCUT2D eigenvalue weighted by molar-refractivity contribution is 7.11. The molecule has 0 atom stereocenters. The van der Waals surface area contributed by atoms with Gasteiger partial charge in [0.2, 0.25) is 0 Å². The SMILES string of the molecule is Cc1ncc(CNC(=O)c2cc(C(F)(F)F)ccc2N)s1. The molecule has 0 unspecified atom stereocenters. The van der Waals surface area contributed by atoms with Gasteiger partial charge in [-0.3, -0.25) is 4.79 Å². The molecule has 112 valence electrons. The maximum Gasteiger partial charge on any atom is 0.416 e. The molecule has 0 bridgehead atoms. The van der Waals surface area contributed by atoms with Crippen LogP contribution in [0.15, 0.2) is 24.4 Å². The molecule has 0 saturated heterocycles. The molecule has 8 heteroatoms. The molecular formula is C13H12F3N3OS. The van der Waals surface area contributed by atoms with E-state index in [0.29, 0.717) is 0 Å². The first-order valence-corrected chi connectivity index (χ1v) is 6.75. The molecule has 0 radical (unpaired) electrons. The maximum absolute atomic E-state index is 12.6. The van der Waals surface area contributed by atoms with Crippen molar-refractivity contribution in [3.05, 3.63) is 45.4 Å². The second-order valence-electron chi connectivity index (χ2n) is 4.33. The number of anilines is 1. The fourth-order valence-electron chi connectivity index (χ4n) is 1.68. The van der Waals surface area contributed by atoms with Crippen LogP contribution in [0.5, 0.6) is 0 Å². The van der Waals surface area contributed by atoms with Gasteiger partial charge < -0.3 is 11.1 Å². The van der Waals surface area contributed by atoms with Crippen LogP contribution in [-0.4, -0.2) is 10.9 Å². The standard InChI is InChI=1S/C13H12F3N3OS/c1-7-18-5-9(21-7)6-19-12(20)10-4-8(13(14,15)16)2-3-11(10)17/h2-5H,6,17H2,1H3,(H,19,20). The number of aromatic nitrogens is 1. The molecule has 0 fully saturated rings. The number of nitrogens with one attached hydrogen (secondary N) is 1. The minimum atomic E-state index is -4.52. The summed E-state index contributed by atoms with van der Waals surface area (Å²) in [4.78, 5) is 16.8. The van der Waals surface area contributed by atoms with E-state index < -0.39 is 17.6 Å². The van der Waals surface area contributed by atoms with Crippen LogP contribution in [0.4, 0.5) is 18.9 Å². The molecule has 2 rings (SSSR count). The number of hydrogen-bond acceptors (Lipinski definition) is 4. The highest BCUT2D eigenvalue weighted by Gasteiger charge is 2.31. The van der Waals surface area contributed by atoms with E-state index in [1.165, 1.54) is 11.3 Å². The van der Waals surface area contributed by atoms with E-state index in [9.17, 15) is 18.0 Å². The van der Waals surface area contributed by atoms with Gasteiger partial charge in [0.05, 0.1) is 22.7 Å². The first-order chi connectivity index (χ1) is 9.77. The molecule has 3 N–H and O–H groups in total. The topological polar surface area (TPSA) is 68.0 Å². The smallest absolute Gasteiger partial charge is 0.398 e. The molecule has 0 aliphatic rings. The summed E-state index contributed by atoms with van der Waals surface area (Å²) < 4.78 is 37.9. The van der Waals surface area contributed by atoms with Crippen molar-refractivity contribution >= 4 is 22.9 Å². The van der Waals surface area contributed by atoms with E-state index in [1.807, 2.05) is 6.92 Å². The number of alkyl halides is 3. The summed E-state index contributed by atoms with van der Waals surface area (Å²) >= 11 is 1.40. The minimum Gasteiger partial charge on any atom is -0.398 e. The van der Waals surface area contributed by atoms with Gasteiger partial charge in [-0.1, -0.05) is 0 Å². The summed E-state index contributed by atoms with van der Waals surface area (Å²) in [5, 5.41) is 3.38. The Kier molecular flexibility index (Phi) is 4.17. The van der Waals surface area contributed by atoms with Gasteiger partial charge in [0.1, 0.15) is 0 Å². The Bertz CT molecular complexity index is 667. The van der Waals surface area contributed by atoms with Crippen molar-refractivity contribution in [3.63, 3.8) is 0 Å². The molecule has 1 heterocycles. The van der Waals surface area contributed by atoms with Crippen molar-refractivity contribution in [1.82, 2.24) is 10.3 Å². The number of aryl methyl sites for hydroxylation is 1. The third-order valence-electron chi connectivity index (χ3n) is 2.72. The summed E-state index contributed by atoms with van der Waals surface area (Å²) in [6, 6.07) is 2.68. The summed E-state index contributed by atoms with van der Waals surface area (Å²) in [7, 11) is 0. The average Bonchev–Trinajstić information content (AvgIpc) is 2.81. The molecule has 1 amide bonds. The van der Waals surface area contributed by atoms with Crippen molar-refractivity contribution < 1.29 is 18.0 Å². The lowest BCUT2D eigenvalue weighted by atomic mass is 10.1. The van der Waals surface area contributed by atoms with Crippen LogP contribution in [-0.2, 0) is 12.7 Å². The Labute approximate surface area is 122 Å². The first kappa shape index (κ1) is 15.3. The number of nitrogen functional groups attached to an aromatic ring is 1. The zero-order valence-electron chi connectivity index (χ0n) is 11.0. The maximum atomic E-state index is 12.6. The van der Waals surface area contributed by atoms with Crippen LogP contribution >= 0.6 is 11.3 Å². The highest BCUT2D eigenvalue weighted by atomic mass is 32.1. The van der Waals surface area contributed by atoms with E-state index in [2.05, 4.69) is 10.3 Å². The molecule has 2 aromatic rings. The summed E-state index contributed by atoms with van der Waals surface area (Å²) in [6.07, 6.45) is -2.91. The third-order valence-corrected chi connectivity index (χ3v) is 3.63. The van der Waals surface area contributed by atoms with E-state index in [0.717, 1.165) is 28.1 Å².